The van der Waals surface area contributed by atoms with Crippen LogP contribution in [0.1, 0.15) is 38.4 Å². The first kappa shape index (κ1) is 25.4. The number of anilines is 4. The standard InChI is InChI=1S/C33H26N8O/c1-19-9-7-10-20(2)29(19)40-26(16-15-25-27-28(33(42)39-38-25)35-18-17-34-27)41(30-21(3)11-8-12-22(30)4)32-31(40)36-23-13-5-6-14-24(23)37-32/h5-18H,1-4H3/b25-15+. The quantitative estimate of drug-likeness (QED) is 0.230. The number of azo groups is 1. The average Bonchev–Trinajstić information content (AvgIpc) is 3.28. The van der Waals surface area contributed by atoms with E-state index in [1.165, 1.54) is 6.20 Å². The summed E-state index contributed by atoms with van der Waals surface area (Å²) in [6, 6.07) is 20.4. The predicted octanol–water partition coefficient (Wildman–Crippen LogP) is 7.43. The van der Waals surface area contributed by atoms with Gasteiger partial charge in [0.15, 0.2) is 17.3 Å². The lowest BCUT2D eigenvalue weighted by Gasteiger charge is -2.28. The summed E-state index contributed by atoms with van der Waals surface area (Å²) in [5, 5.41) is 8.01. The molecule has 42 heavy (non-hydrogen) atoms. The van der Waals surface area contributed by atoms with E-state index in [1.807, 2.05) is 36.4 Å². The Hall–Kier alpha value is -5.57. The summed E-state index contributed by atoms with van der Waals surface area (Å²) in [6.45, 7) is 8.39. The first-order valence-corrected chi connectivity index (χ1v) is 13.6. The molecule has 0 unspecified atom stereocenters. The van der Waals surface area contributed by atoms with Gasteiger partial charge in [-0.05, 0) is 74.2 Å². The van der Waals surface area contributed by atoms with Gasteiger partial charge in [-0.15, -0.1) is 10.2 Å². The summed E-state index contributed by atoms with van der Waals surface area (Å²) >= 11 is 0. The highest BCUT2D eigenvalue weighted by molar-refractivity contribution is 5.99. The summed E-state index contributed by atoms with van der Waals surface area (Å²) in [7, 11) is 0. The molecule has 204 valence electrons. The number of carbonyl (C=O) groups is 1. The number of hydrogen-bond donors (Lipinski definition) is 0. The number of allylic oxidation sites excluding steroid dienone is 2. The molecule has 5 aromatic rings. The van der Waals surface area contributed by atoms with Gasteiger partial charge < -0.3 is 0 Å². The minimum atomic E-state index is -0.509. The van der Waals surface area contributed by atoms with Crippen LogP contribution in [0.25, 0.3) is 16.7 Å². The molecule has 0 fully saturated rings. The van der Waals surface area contributed by atoms with E-state index in [2.05, 4.69) is 94.1 Å². The Kier molecular flexibility index (Phi) is 5.93. The Balaban J connectivity index is 1.55. The Morgan fingerprint density at radius 2 is 1.10 bits per heavy atom. The van der Waals surface area contributed by atoms with Crippen LogP contribution in [0.4, 0.5) is 23.0 Å². The molecule has 7 rings (SSSR count). The van der Waals surface area contributed by atoms with Crippen molar-refractivity contribution in [1.29, 1.82) is 0 Å². The van der Waals surface area contributed by atoms with Crippen LogP contribution in [0.2, 0.25) is 0 Å². The number of carbonyl (C=O) groups excluding carboxylic acids is 1. The first-order chi connectivity index (χ1) is 20.4. The molecule has 9 nitrogen and oxygen atoms in total. The fourth-order valence-corrected chi connectivity index (χ4v) is 5.65. The molecule has 2 aromatic heterocycles. The lowest BCUT2D eigenvalue weighted by Crippen LogP contribution is -2.24. The zero-order valence-corrected chi connectivity index (χ0v) is 23.6. The Morgan fingerprint density at radius 3 is 1.62 bits per heavy atom. The minimum absolute atomic E-state index is 0.180. The van der Waals surface area contributed by atoms with Gasteiger partial charge >= 0.3 is 5.91 Å². The second kappa shape index (κ2) is 9.81. The molecule has 1 amide bonds. The van der Waals surface area contributed by atoms with E-state index in [0.717, 1.165) is 62.1 Å². The van der Waals surface area contributed by atoms with Gasteiger partial charge in [0.05, 0.1) is 22.4 Å². The van der Waals surface area contributed by atoms with E-state index in [9.17, 15) is 4.79 Å². The smallest absolute Gasteiger partial charge is 0.276 e. The number of fused-ring (bicyclic) bond motifs is 3. The second-order valence-electron chi connectivity index (χ2n) is 10.3. The molecule has 0 saturated carbocycles. The lowest BCUT2D eigenvalue weighted by atomic mass is 10.1. The normalized spacial score (nSPS) is 15.0. The maximum Gasteiger partial charge on any atom is 0.316 e. The van der Waals surface area contributed by atoms with Gasteiger partial charge in [-0.2, -0.15) is 0 Å². The summed E-state index contributed by atoms with van der Waals surface area (Å²) in [6.07, 6.45) is 6.82. The van der Waals surface area contributed by atoms with Crippen molar-refractivity contribution in [2.75, 3.05) is 9.80 Å². The maximum atomic E-state index is 12.3. The van der Waals surface area contributed by atoms with Crippen LogP contribution in [-0.4, -0.2) is 25.8 Å². The van der Waals surface area contributed by atoms with Crippen molar-refractivity contribution in [2.24, 2.45) is 10.2 Å². The molecule has 3 aromatic carbocycles. The van der Waals surface area contributed by atoms with Crippen LogP contribution in [-0.2, 0) is 0 Å². The molecule has 0 N–H and O–H groups in total. The zero-order valence-electron chi connectivity index (χ0n) is 23.6. The number of aromatic nitrogens is 4. The van der Waals surface area contributed by atoms with E-state index in [-0.39, 0.29) is 5.69 Å². The maximum absolute atomic E-state index is 12.3. The Labute approximate surface area is 242 Å². The van der Waals surface area contributed by atoms with E-state index < -0.39 is 5.91 Å². The Morgan fingerprint density at radius 1 is 0.595 bits per heavy atom. The highest BCUT2D eigenvalue weighted by atomic mass is 16.2. The molecule has 9 heteroatoms. The SMILES string of the molecule is Cc1cccc(C)c1N1C(=C/C=C2/N=NC(=O)c3nccnc32)N(c2c(C)cccc2C)c2nc3ccccc3nc21. The van der Waals surface area contributed by atoms with Crippen molar-refractivity contribution in [3.05, 3.63) is 125 Å². The average molecular weight is 551 g/mol. The largest absolute Gasteiger partial charge is 0.316 e. The van der Waals surface area contributed by atoms with Crippen molar-refractivity contribution < 1.29 is 4.79 Å². The van der Waals surface area contributed by atoms with Crippen molar-refractivity contribution >= 4 is 45.6 Å². The summed E-state index contributed by atoms with van der Waals surface area (Å²) in [5.41, 5.74) is 9.03. The summed E-state index contributed by atoms with van der Waals surface area (Å²) in [5.74, 6) is 1.74. The van der Waals surface area contributed by atoms with Gasteiger partial charge in [-0.1, -0.05) is 48.5 Å². The fourth-order valence-electron chi connectivity index (χ4n) is 5.65. The van der Waals surface area contributed by atoms with E-state index in [1.54, 1.807) is 6.20 Å². The molecule has 2 aliphatic heterocycles. The molecular weight excluding hydrogens is 524 g/mol. The Bertz CT molecular complexity index is 1890. The monoisotopic (exact) mass is 550 g/mol. The number of hydrogen-bond acceptors (Lipinski definition) is 8. The van der Waals surface area contributed by atoms with Crippen molar-refractivity contribution in [3.63, 3.8) is 0 Å². The third kappa shape index (κ3) is 3.97. The van der Waals surface area contributed by atoms with Crippen LogP contribution in [0.5, 0.6) is 0 Å². The summed E-state index contributed by atoms with van der Waals surface area (Å²) in [4.78, 5) is 35.6. The third-order valence-electron chi connectivity index (χ3n) is 7.52. The number of para-hydroxylation sites is 4. The molecule has 4 heterocycles. The zero-order chi connectivity index (χ0) is 29.0. The molecular formula is C33H26N8O. The molecule has 0 atom stereocenters. The number of aryl methyl sites for hydroxylation is 4. The predicted molar refractivity (Wildman–Crippen MR) is 163 cm³/mol. The molecule has 0 aliphatic carbocycles. The van der Waals surface area contributed by atoms with E-state index >= 15 is 0 Å². The van der Waals surface area contributed by atoms with Crippen molar-refractivity contribution in [1.82, 2.24) is 19.9 Å². The van der Waals surface area contributed by atoms with Crippen LogP contribution in [0, 0.1) is 27.7 Å². The summed E-state index contributed by atoms with van der Waals surface area (Å²) < 4.78 is 0. The fraction of sp³-hybridized carbons (Fsp3) is 0.121. The van der Waals surface area contributed by atoms with E-state index in [0.29, 0.717) is 11.4 Å². The topological polar surface area (TPSA) is 99.8 Å². The van der Waals surface area contributed by atoms with Crippen molar-refractivity contribution in [2.45, 2.75) is 27.7 Å². The number of amides is 1. The highest BCUT2D eigenvalue weighted by Gasteiger charge is 2.39. The minimum Gasteiger partial charge on any atom is -0.276 e. The van der Waals surface area contributed by atoms with Gasteiger partial charge in [0, 0.05) is 12.4 Å². The van der Waals surface area contributed by atoms with Crippen LogP contribution in [0.3, 0.4) is 0 Å². The number of benzene rings is 3. The molecule has 0 radical (unpaired) electrons. The van der Waals surface area contributed by atoms with Gasteiger partial charge in [-0.3, -0.25) is 19.6 Å². The van der Waals surface area contributed by atoms with Crippen molar-refractivity contribution in [3.8, 4) is 0 Å². The highest BCUT2D eigenvalue weighted by Crippen LogP contribution is 2.51. The second-order valence-corrected chi connectivity index (χ2v) is 10.3. The van der Waals surface area contributed by atoms with Gasteiger partial charge in [0.2, 0.25) is 0 Å². The molecule has 0 bridgehead atoms. The van der Waals surface area contributed by atoms with Crippen LogP contribution >= 0.6 is 0 Å². The number of rotatable bonds is 3. The van der Waals surface area contributed by atoms with E-state index in [4.69, 9.17) is 9.97 Å². The van der Waals surface area contributed by atoms with Crippen LogP contribution < -0.4 is 9.80 Å². The molecule has 0 spiro atoms. The number of nitrogens with zero attached hydrogens (tertiary/aromatic N) is 8. The van der Waals surface area contributed by atoms with Gasteiger partial charge in [0.1, 0.15) is 17.2 Å². The van der Waals surface area contributed by atoms with Crippen LogP contribution in [0.15, 0.2) is 101 Å². The molecule has 2 aliphatic rings. The third-order valence-corrected chi connectivity index (χ3v) is 7.52. The lowest BCUT2D eigenvalue weighted by molar-refractivity contribution is 0.0987. The van der Waals surface area contributed by atoms with Gasteiger partial charge in [-0.25, -0.2) is 15.0 Å². The molecule has 0 saturated heterocycles. The first-order valence-electron chi connectivity index (χ1n) is 13.6. The van der Waals surface area contributed by atoms with Gasteiger partial charge in [0.25, 0.3) is 0 Å².